The lowest BCUT2D eigenvalue weighted by molar-refractivity contribution is 0.342. The second-order valence-corrected chi connectivity index (χ2v) is 9.41. The molecule has 0 saturated heterocycles. The number of nitrogens with one attached hydrogen (secondary N) is 1. The molecule has 0 unspecified atom stereocenters. The molecule has 26 heavy (non-hydrogen) atoms. The third kappa shape index (κ3) is 3.36. The van der Waals surface area contributed by atoms with Gasteiger partial charge in [0.1, 0.15) is 20.4 Å². The molecule has 0 amide bonds. The van der Waals surface area contributed by atoms with Gasteiger partial charge in [-0.2, -0.15) is 5.10 Å². The first-order valence-corrected chi connectivity index (χ1v) is 11.1. The number of halogens is 1. The zero-order chi connectivity index (χ0) is 19.1. The third-order valence-electron chi connectivity index (χ3n) is 3.68. The lowest BCUT2D eigenvalue weighted by atomic mass is 10.2. The minimum atomic E-state index is -3.92. The molecule has 0 aromatic carbocycles. The van der Waals surface area contributed by atoms with Crippen LogP contribution in [0, 0.1) is 0 Å². The van der Waals surface area contributed by atoms with Gasteiger partial charge in [0.05, 0.1) is 12.3 Å². The Morgan fingerprint density at radius 3 is 2.73 bits per heavy atom. The molecular formula is C15H17ClN4O4S2. The van der Waals surface area contributed by atoms with Crippen LogP contribution < -0.4 is 10.3 Å². The number of rotatable bonds is 6. The summed E-state index contributed by atoms with van der Waals surface area (Å²) in [5.41, 5.74) is 1.24. The van der Waals surface area contributed by atoms with E-state index >= 15 is 0 Å². The van der Waals surface area contributed by atoms with Gasteiger partial charge in [-0.15, -0.1) is 11.3 Å². The standard InChI is InChI=1S/C15H17ClN4O4S2/c1-4-6-8-11-12(20(3)19-8)15(21)18-14(17-11)13-9(24-5-2)7-10(25-13)26(16,22)23/h7H,4-6H2,1-3H3,(H,17,18,21). The van der Waals surface area contributed by atoms with Gasteiger partial charge in [-0.3, -0.25) is 9.48 Å². The molecule has 0 saturated carbocycles. The lowest BCUT2D eigenvalue weighted by Crippen LogP contribution is -2.12. The lowest BCUT2D eigenvalue weighted by Gasteiger charge is -2.04. The van der Waals surface area contributed by atoms with Crippen LogP contribution in [0.25, 0.3) is 21.7 Å². The van der Waals surface area contributed by atoms with Crippen molar-refractivity contribution in [2.45, 2.75) is 30.9 Å². The molecule has 0 aliphatic rings. The van der Waals surface area contributed by atoms with E-state index in [0.29, 0.717) is 34.7 Å². The summed E-state index contributed by atoms with van der Waals surface area (Å²) >= 11 is 0.898. The molecule has 0 radical (unpaired) electrons. The van der Waals surface area contributed by atoms with Crippen LogP contribution in [0.3, 0.4) is 0 Å². The Balaban J connectivity index is 2.27. The van der Waals surface area contributed by atoms with Gasteiger partial charge >= 0.3 is 0 Å². The summed E-state index contributed by atoms with van der Waals surface area (Å²) in [6.45, 7) is 4.11. The molecule has 1 N–H and O–H groups in total. The minimum Gasteiger partial charge on any atom is -0.492 e. The summed E-state index contributed by atoms with van der Waals surface area (Å²) in [7, 11) is 3.21. The fourth-order valence-electron chi connectivity index (χ4n) is 2.66. The molecule has 8 nitrogen and oxygen atoms in total. The SMILES string of the molecule is CCCc1nn(C)c2c(=O)[nH]c(-c3sc(S(=O)(=O)Cl)cc3OCC)nc12. The molecule has 0 aliphatic carbocycles. The maximum Gasteiger partial charge on any atom is 0.277 e. The van der Waals surface area contributed by atoms with Crippen molar-refractivity contribution in [3.8, 4) is 16.5 Å². The second-order valence-electron chi connectivity index (χ2n) is 5.56. The van der Waals surface area contributed by atoms with Crippen LogP contribution in [0.2, 0.25) is 0 Å². The number of H-pyrrole nitrogens is 1. The Labute approximate surface area is 158 Å². The Bertz CT molecular complexity index is 1130. The van der Waals surface area contributed by atoms with Crippen LogP contribution in [0.4, 0.5) is 0 Å². The van der Waals surface area contributed by atoms with E-state index in [2.05, 4.69) is 15.1 Å². The van der Waals surface area contributed by atoms with Crippen LogP contribution in [-0.2, 0) is 22.5 Å². The number of aromatic nitrogens is 4. The fourth-order valence-corrected chi connectivity index (χ4v) is 4.75. The van der Waals surface area contributed by atoms with E-state index in [0.717, 1.165) is 23.5 Å². The number of thiophene rings is 1. The predicted molar refractivity (Wildman–Crippen MR) is 101 cm³/mol. The van der Waals surface area contributed by atoms with Crippen LogP contribution in [0.5, 0.6) is 5.75 Å². The van der Waals surface area contributed by atoms with E-state index in [1.54, 1.807) is 14.0 Å². The molecule has 0 fully saturated rings. The number of nitrogens with zero attached hydrogens (tertiary/aromatic N) is 3. The maximum absolute atomic E-state index is 12.5. The molecular weight excluding hydrogens is 400 g/mol. The highest BCUT2D eigenvalue weighted by atomic mass is 35.7. The van der Waals surface area contributed by atoms with Crippen LogP contribution in [0.15, 0.2) is 15.1 Å². The van der Waals surface area contributed by atoms with E-state index in [-0.39, 0.29) is 15.6 Å². The van der Waals surface area contributed by atoms with Gasteiger partial charge in [0, 0.05) is 23.8 Å². The van der Waals surface area contributed by atoms with Crippen molar-refractivity contribution in [1.82, 2.24) is 19.7 Å². The van der Waals surface area contributed by atoms with E-state index in [9.17, 15) is 13.2 Å². The first kappa shape index (κ1) is 18.9. The molecule has 0 atom stereocenters. The van der Waals surface area contributed by atoms with E-state index in [1.165, 1.54) is 10.7 Å². The second kappa shape index (κ2) is 7.01. The average Bonchev–Trinajstić information content (AvgIpc) is 3.10. The van der Waals surface area contributed by atoms with Crippen molar-refractivity contribution in [3.05, 3.63) is 22.1 Å². The number of hydrogen-bond acceptors (Lipinski definition) is 7. The third-order valence-corrected chi connectivity index (χ3v) is 6.88. The average molecular weight is 417 g/mol. The molecule has 0 aliphatic heterocycles. The number of ether oxygens (including phenoxy) is 1. The summed E-state index contributed by atoms with van der Waals surface area (Å²) in [5.74, 6) is 0.535. The summed E-state index contributed by atoms with van der Waals surface area (Å²) in [5, 5.41) is 4.37. The van der Waals surface area contributed by atoms with Gasteiger partial charge in [0.15, 0.2) is 11.3 Å². The highest BCUT2D eigenvalue weighted by Gasteiger charge is 2.23. The van der Waals surface area contributed by atoms with E-state index < -0.39 is 9.05 Å². The number of hydrogen-bond donors (Lipinski definition) is 1. The molecule has 3 aromatic heterocycles. The summed E-state index contributed by atoms with van der Waals surface area (Å²) in [6.07, 6.45) is 1.53. The van der Waals surface area contributed by atoms with Crippen LogP contribution in [-0.4, -0.2) is 34.8 Å². The Kier molecular flexibility index (Phi) is 5.09. The molecule has 0 spiro atoms. The quantitative estimate of drug-likeness (QED) is 0.619. The fraction of sp³-hybridized carbons (Fsp3) is 0.400. The topological polar surface area (TPSA) is 107 Å². The minimum absolute atomic E-state index is 0.0691. The normalized spacial score (nSPS) is 12.0. The van der Waals surface area contributed by atoms with Crippen molar-refractivity contribution in [2.75, 3.05) is 6.61 Å². The van der Waals surface area contributed by atoms with Crippen molar-refractivity contribution in [2.24, 2.45) is 7.05 Å². The molecule has 11 heteroatoms. The van der Waals surface area contributed by atoms with Gasteiger partial charge in [0.2, 0.25) is 0 Å². The van der Waals surface area contributed by atoms with E-state index in [4.69, 9.17) is 15.4 Å². The van der Waals surface area contributed by atoms with Crippen molar-refractivity contribution >= 4 is 42.1 Å². The van der Waals surface area contributed by atoms with Gasteiger partial charge < -0.3 is 9.72 Å². The van der Waals surface area contributed by atoms with Crippen molar-refractivity contribution in [1.29, 1.82) is 0 Å². The number of aryl methyl sites for hydroxylation is 2. The summed E-state index contributed by atoms with van der Waals surface area (Å²) < 4.78 is 30.3. The highest BCUT2D eigenvalue weighted by Crippen LogP contribution is 2.40. The largest absolute Gasteiger partial charge is 0.492 e. The van der Waals surface area contributed by atoms with Gasteiger partial charge in [0.25, 0.3) is 14.6 Å². The monoisotopic (exact) mass is 416 g/mol. The number of aromatic amines is 1. The zero-order valence-electron chi connectivity index (χ0n) is 14.4. The maximum atomic E-state index is 12.5. The van der Waals surface area contributed by atoms with Gasteiger partial charge in [-0.1, -0.05) is 13.3 Å². The van der Waals surface area contributed by atoms with Gasteiger partial charge in [-0.05, 0) is 13.3 Å². The molecule has 140 valence electrons. The Morgan fingerprint density at radius 1 is 1.38 bits per heavy atom. The van der Waals surface area contributed by atoms with E-state index in [1.807, 2.05) is 6.92 Å². The molecule has 0 bridgehead atoms. The zero-order valence-corrected chi connectivity index (χ0v) is 16.8. The molecule has 3 aromatic rings. The first-order valence-electron chi connectivity index (χ1n) is 7.93. The number of fused-ring (bicyclic) bond motifs is 1. The molecule has 3 heterocycles. The van der Waals surface area contributed by atoms with Crippen LogP contribution >= 0.6 is 22.0 Å². The van der Waals surface area contributed by atoms with Gasteiger partial charge in [-0.25, -0.2) is 13.4 Å². The Hall–Kier alpha value is -1.91. The smallest absolute Gasteiger partial charge is 0.277 e. The summed E-state index contributed by atoms with van der Waals surface area (Å²) in [4.78, 5) is 20.2. The first-order chi connectivity index (χ1) is 12.3. The van der Waals surface area contributed by atoms with Crippen molar-refractivity contribution < 1.29 is 13.2 Å². The molecule has 3 rings (SSSR count). The predicted octanol–water partition coefficient (Wildman–Crippen LogP) is 2.66. The van der Waals surface area contributed by atoms with Crippen molar-refractivity contribution in [3.63, 3.8) is 0 Å². The summed E-state index contributed by atoms with van der Waals surface area (Å²) in [6, 6.07) is 1.34. The highest BCUT2D eigenvalue weighted by molar-refractivity contribution is 8.15. The van der Waals surface area contributed by atoms with Crippen LogP contribution in [0.1, 0.15) is 26.0 Å². The Morgan fingerprint density at radius 2 is 2.12 bits per heavy atom.